The first-order valence-corrected chi connectivity index (χ1v) is 8.20. The Morgan fingerprint density at radius 3 is 2.91 bits per heavy atom. The molecule has 1 aliphatic rings. The maximum Gasteiger partial charge on any atom is 0.253 e. The van der Waals surface area contributed by atoms with Crippen molar-refractivity contribution in [2.45, 2.75) is 32.9 Å². The quantitative estimate of drug-likeness (QED) is 0.910. The van der Waals surface area contributed by atoms with E-state index in [0.717, 1.165) is 29.7 Å². The molecule has 2 aromatic rings. The number of carbonyl (C=O) groups is 1. The van der Waals surface area contributed by atoms with Gasteiger partial charge in [0.05, 0.1) is 23.2 Å². The van der Waals surface area contributed by atoms with Crippen LogP contribution in [-0.2, 0) is 4.74 Å². The van der Waals surface area contributed by atoms with Crippen LogP contribution in [0.25, 0.3) is 10.9 Å². The zero-order chi connectivity index (χ0) is 16.6. The Hall–Kier alpha value is -1.85. The summed E-state index contributed by atoms with van der Waals surface area (Å²) in [5.41, 5.74) is 3.92. The molecule has 23 heavy (non-hydrogen) atoms. The minimum absolute atomic E-state index is 0.0277. The Labute approximate surface area is 137 Å². The lowest BCUT2D eigenvalue weighted by atomic mass is 10.1. The number of amides is 1. The van der Waals surface area contributed by atoms with E-state index in [1.165, 1.54) is 5.56 Å². The molecule has 0 unspecified atom stereocenters. The van der Waals surface area contributed by atoms with Crippen LogP contribution in [0.4, 0.5) is 0 Å². The Balaban J connectivity index is 1.85. The molecule has 124 valence electrons. The molecule has 0 spiro atoms. The number of nitrogens with one attached hydrogen (secondary N) is 2. The SMILES string of the molecule is CCO[C@@H]1CN(C)C[C@H]1NC(=O)c1cccc2c(C)c(C)[nH]c12. The maximum absolute atomic E-state index is 12.8. The number of carbonyl (C=O) groups excluding carboxylic acids is 1. The molecule has 5 nitrogen and oxygen atoms in total. The molecule has 2 N–H and O–H groups in total. The number of likely N-dealkylation sites (tertiary alicyclic amines) is 1. The molecule has 1 amide bonds. The van der Waals surface area contributed by atoms with Gasteiger partial charge in [0.25, 0.3) is 5.91 Å². The zero-order valence-corrected chi connectivity index (χ0v) is 14.3. The summed E-state index contributed by atoms with van der Waals surface area (Å²) in [6.45, 7) is 8.43. The monoisotopic (exact) mass is 315 g/mol. The number of hydrogen-bond donors (Lipinski definition) is 2. The second kappa shape index (κ2) is 6.34. The number of likely N-dealkylation sites (N-methyl/N-ethyl adjacent to an activating group) is 1. The molecule has 0 radical (unpaired) electrons. The fourth-order valence-corrected chi connectivity index (χ4v) is 3.40. The van der Waals surface area contributed by atoms with E-state index < -0.39 is 0 Å². The standard InChI is InChI=1S/C18H25N3O2/c1-5-23-16-10-21(4)9-15(16)20-18(22)14-8-6-7-13-11(2)12(3)19-17(13)14/h6-8,15-16,19H,5,9-10H2,1-4H3,(H,20,22)/t15-,16-/m1/s1. The number of hydrogen-bond acceptors (Lipinski definition) is 3. The fraction of sp³-hybridized carbons (Fsp3) is 0.500. The Morgan fingerprint density at radius 1 is 1.39 bits per heavy atom. The van der Waals surface area contributed by atoms with E-state index in [1.807, 2.05) is 26.0 Å². The molecular formula is C18H25N3O2. The highest BCUT2D eigenvalue weighted by Gasteiger charge is 2.33. The number of aromatic amines is 1. The van der Waals surface area contributed by atoms with Gasteiger partial charge in [0, 0.05) is 30.8 Å². The molecule has 2 heterocycles. The molecule has 1 fully saturated rings. The molecule has 5 heteroatoms. The third-order valence-corrected chi connectivity index (χ3v) is 4.73. The zero-order valence-electron chi connectivity index (χ0n) is 14.3. The van der Waals surface area contributed by atoms with Gasteiger partial charge in [-0.15, -0.1) is 0 Å². The second-order valence-electron chi connectivity index (χ2n) is 6.40. The van der Waals surface area contributed by atoms with Crippen molar-refractivity contribution in [3.05, 3.63) is 35.0 Å². The minimum atomic E-state index is -0.0400. The van der Waals surface area contributed by atoms with Gasteiger partial charge >= 0.3 is 0 Å². The number of benzene rings is 1. The largest absolute Gasteiger partial charge is 0.375 e. The molecule has 1 aromatic heterocycles. The minimum Gasteiger partial charge on any atom is -0.375 e. The summed E-state index contributed by atoms with van der Waals surface area (Å²) in [5.74, 6) is -0.0400. The summed E-state index contributed by atoms with van der Waals surface area (Å²) < 4.78 is 5.77. The normalized spacial score (nSPS) is 21.9. The molecule has 1 saturated heterocycles. The number of rotatable bonds is 4. The molecule has 0 saturated carbocycles. The van der Waals surface area contributed by atoms with E-state index in [0.29, 0.717) is 12.2 Å². The maximum atomic E-state index is 12.8. The van der Waals surface area contributed by atoms with Crippen molar-refractivity contribution in [1.82, 2.24) is 15.2 Å². The van der Waals surface area contributed by atoms with Crippen LogP contribution in [0, 0.1) is 13.8 Å². The van der Waals surface area contributed by atoms with Crippen LogP contribution >= 0.6 is 0 Å². The van der Waals surface area contributed by atoms with E-state index in [-0.39, 0.29) is 18.1 Å². The van der Waals surface area contributed by atoms with Crippen LogP contribution in [0.2, 0.25) is 0 Å². The number of ether oxygens (including phenoxy) is 1. The lowest BCUT2D eigenvalue weighted by Gasteiger charge is -2.20. The molecule has 3 rings (SSSR count). The van der Waals surface area contributed by atoms with Crippen molar-refractivity contribution < 1.29 is 9.53 Å². The summed E-state index contributed by atoms with van der Waals surface area (Å²) in [6.07, 6.45) is 0.0558. The molecule has 0 aliphatic carbocycles. The average molecular weight is 315 g/mol. The van der Waals surface area contributed by atoms with E-state index in [9.17, 15) is 4.79 Å². The number of nitrogens with zero attached hydrogens (tertiary/aromatic N) is 1. The lowest BCUT2D eigenvalue weighted by molar-refractivity contribution is 0.0513. The molecular weight excluding hydrogens is 290 g/mol. The van der Waals surface area contributed by atoms with Crippen LogP contribution in [-0.4, -0.2) is 54.7 Å². The number of H-pyrrole nitrogens is 1. The first-order valence-electron chi connectivity index (χ1n) is 8.20. The van der Waals surface area contributed by atoms with Gasteiger partial charge in [-0.25, -0.2) is 0 Å². The van der Waals surface area contributed by atoms with Gasteiger partial charge in [-0.2, -0.15) is 0 Å². The van der Waals surface area contributed by atoms with Crippen LogP contribution in [0.15, 0.2) is 18.2 Å². The summed E-state index contributed by atoms with van der Waals surface area (Å²) in [5, 5.41) is 4.27. The fourth-order valence-electron chi connectivity index (χ4n) is 3.40. The van der Waals surface area contributed by atoms with Gasteiger partial charge in [-0.05, 0) is 39.4 Å². The molecule has 0 bridgehead atoms. The summed E-state index contributed by atoms with van der Waals surface area (Å²) in [6, 6.07) is 5.90. The van der Waals surface area contributed by atoms with Gasteiger partial charge in [-0.1, -0.05) is 12.1 Å². The molecule has 1 aromatic carbocycles. The van der Waals surface area contributed by atoms with Crippen molar-refractivity contribution in [1.29, 1.82) is 0 Å². The smallest absolute Gasteiger partial charge is 0.253 e. The third kappa shape index (κ3) is 2.99. The molecule has 2 atom stereocenters. The highest BCUT2D eigenvalue weighted by atomic mass is 16.5. The van der Waals surface area contributed by atoms with Crippen molar-refractivity contribution in [2.24, 2.45) is 0 Å². The van der Waals surface area contributed by atoms with Crippen LogP contribution in [0.3, 0.4) is 0 Å². The van der Waals surface area contributed by atoms with E-state index in [1.54, 1.807) is 0 Å². The highest BCUT2D eigenvalue weighted by Crippen LogP contribution is 2.24. The van der Waals surface area contributed by atoms with Crippen LogP contribution < -0.4 is 5.32 Å². The first-order chi connectivity index (χ1) is 11.0. The van der Waals surface area contributed by atoms with E-state index in [2.05, 4.69) is 35.2 Å². The Bertz CT molecular complexity index is 722. The highest BCUT2D eigenvalue weighted by molar-refractivity contribution is 6.06. The van der Waals surface area contributed by atoms with Gasteiger partial charge in [-0.3, -0.25) is 4.79 Å². The van der Waals surface area contributed by atoms with Gasteiger partial charge in [0.15, 0.2) is 0 Å². The lowest BCUT2D eigenvalue weighted by Crippen LogP contribution is -2.44. The van der Waals surface area contributed by atoms with Crippen LogP contribution in [0.5, 0.6) is 0 Å². The van der Waals surface area contributed by atoms with Crippen molar-refractivity contribution in [2.75, 3.05) is 26.7 Å². The summed E-state index contributed by atoms with van der Waals surface area (Å²) >= 11 is 0. The first kappa shape index (κ1) is 16.0. The second-order valence-corrected chi connectivity index (χ2v) is 6.40. The summed E-state index contributed by atoms with van der Waals surface area (Å²) in [4.78, 5) is 18.3. The number of para-hydroxylation sites is 1. The van der Waals surface area contributed by atoms with Gasteiger partial charge in [0.2, 0.25) is 0 Å². The van der Waals surface area contributed by atoms with Crippen molar-refractivity contribution >= 4 is 16.8 Å². The van der Waals surface area contributed by atoms with Gasteiger partial charge in [0.1, 0.15) is 0 Å². The summed E-state index contributed by atoms with van der Waals surface area (Å²) in [7, 11) is 2.05. The number of aromatic nitrogens is 1. The predicted octanol–water partition coefficient (Wildman–Crippen LogP) is 2.23. The number of fused-ring (bicyclic) bond motifs is 1. The van der Waals surface area contributed by atoms with Gasteiger partial charge < -0.3 is 19.9 Å². The average Bonchev–Trinajstić information content (AvgIpc) is 3.00. The van der Waals surface area contributed by atoms with Crippen LogP contribution in [0.1, 0.15) is 28.5 Å². The third-order valence-electron chi connectivity index (χ3n) is 4.73. The molecule has 1 aliphatic heterocycles. The van der Waals surface area contributed by atoms with E-state index >= 15 is 0 Å². The number of aryl methyl sites for hydroxylation is 2. The topological polar surface area (TPSA) is 57.4 Å². The van der Waals surface area contributed by atoms with Crippen molar-refractivity contribution in [3.8, 4) is 0 Å². The Morgan fingerprint density at radius 2 is 2.17 bits per heavy atom. The van der Waals surface area contributed by atoms with Crippen molar-refractivity contribution in [3.63, 3.8) is 0 Å². The Kier molecular flexibility index (Phi) is 4.41. The van der Waals surface area contributed by atoms with E-state index in [4.69, 9.17) is 4.74 Å². The predicted molar refractivity (Wildman–Crippen MR) is 91.9 cm³/mol.